The van der Waals surface area contributed by atoms with Gasteiger partial charge in [0.15, 0.2) is 5.78 Å². The molecule has 0 saturated heterocycles. The smallest absolute Gasteiger partial charge is 0.195 e. The normalized spacial score (nSPS) is 22.7. The monoisotopic (exact) mass is 386 g/mol. The van der Waals surface area contributed by atoms with Gasteiger partial charge in [-0.1, -0.05) is 74.3 Å². The number of aliphatic hydroxyl groups is 2. The van der Waals surface area contributed by atoms with Crippen LogP contribution < -0.4 is 0 Å². The molecule has 0 saturated carbocycles. The summed E-state index contributed by atoms with van der Waals surface area (Å²) in [5.41, 5.74) is 0.887. The number of carbonyl (C=O) groups excluding carboxylic acids is 1. The van der Waals surface area contributed by atoms with Gasteiger partial charge in [-0.3, -0.25) is 4.79 Å². The van der Waals surface area contributed by atoms with Gasteiger partial charge >= 0.3 is 0 Å². The summed E-state index contributed by atoms with van der Waals surface area (Å²) in [4.78, 5) is 12.2. The Bertz CT molecular complexity index is 535. The van der Waals surface area contributed by atoms with Crippen LogP contribution in [0.3, 0.4) is 0 Å². The third-order valence-corrected chi connectivity index (χ3v) is 4.24. The summed E-state index contributed by atoms with van der Waals surface area (Å²) in [6.07, 6.45) is 2.57. The van der Waals surface area contributed by atoms with E-state index in [1.54, 1.807) is 30.3 Å². The third-order valence-electron chi connectivity index (χ3n) is 2.85. The van der Waals surface area contributed by atoms with Crippen molar-refractivity contribution in [3.63, 3.8) is 0 Å². The van der Waals surface area contributed by atoms with Crippen LogP contribution in [0.2, 0.25) is 0 Å². The number of allylic oxidation sites excluding steroid dienone is 1. The van der Waals surface area contributed by atoms with Gasteiger partial charge in [-0.2, -0.15) is 0 Å². The van der Waals surface area contributed by atoms with Crippen molar-refractivity contribution < 1.29 is 15.0 Å². The van der Waals surface area contributed by atoms with E-state index in [1.165, 1.54) is 12.2 Å². The highest BCUT2D eigenvalue weighted by molar-refractivity contribution is 9.25. The number of hydrogen-bond donors (Lipinski definition) is 2. The number of benzene rings is 1. The standard InChI is InChI=1S/C14H12Br2O3/c15-14(16)8-10(6-7-11(14)17)13(19)12(18)9-4-2-1-3-5-9/h1-8,11-12,17-18H. The lowest BCUT2D eigenvalue weighted by Gasteiger charge is -2.25. The van der Waals surface area contributed by atoms with E-state index < -0.39 is 21.2 Å². The molecule has 1 aliphatic rings. The molecule has 2 N–H and O–H groups in total. The molecule has 0 aliphatic heterocycles. The van der Waals surface area contributed by atoms with E-state index in [2.05, 4.69) is 31.9 Å². The molecule has 1 aromatic carbocycles. The zero-order chi connectivity index (χ0) is 14.0. The van der Waals surface area contributed by atoms with E-state index in [0.29, 0.717) is 11.1 Å². The summed E-state index contributed by atoms with van der Waals surface area (Å²) >= 11 is 6.55. The van der Waals surface area contributed by atoms with Gasteiger partial charge in [0.05, 0.1) is 0 Å². The molecule has 0 bridgehead atoms. The van der Waals surface area contributed by atoms with E-state index in [0.717, 1.165) is 0 Å². The minimum absolute atomic E-state index is 0.343. The summed E-state index contributed by atoms with van der Waals surface area (Å²) in [5, 5.41) is 19.8. The van der Waals surface area contributed by atoms with Crippen LogP contribution in [-0.4, -0.2) is 25.3 Å². The number of aliphatic hydroxyl groups excluding tert-OH is 2. The summed E-state index contributed by atoms with van der Waals surface area (Å²) in [7, 11) is 0. The van der Waals surface area contributed by atoms with E-state index in [1.807, 2.05) is 6.07 Å². The maximum atomic E-state index is 12.2. The van der Waals surface area contributed by atoms with E-state index >= 15 is 0 Å². The van der Waals surface area contributed by atoms with Crippen LogP contribution in [0, 0.1) is 0 Å². The predicted molar refractivity (Wildman–Crippen MR) is 80.2 cm³/mol. The molecule has 19 heavy (non-hydrogen) atoms. The lowest BCUT2D eigenvalue weighted by atomic mass is 9.95. The molecule has 0 amide bonds. The molecular formula is C14H12Br2O3. The van der Waals surface area contributed by atoms with Gasteiger partial charge < -0.3 is 10.2 Å². The Morgan fingerprint density at radius 2 is 1.89 bits per heavy atom. The molecule has 1 aromatic rings. The van der Waals surface area contributed by atoms with Crippen molar-refractivity contribution in [2.24, 2.45) is 0 Å². The Morgan fingerprint density at radius 1 is 1.26 bits per heavy atom. The van der Waals surface area contributed by atoms with Crippen molar-refractivity contribution in [1.29, 1.82) is 0 Å². The molecule has 0 radical (unpaired) electrons. The van der Waals surface area contributed by atoms with Crippen molar-refractivity contribution in [3.05, 3.63) is 59.7 Å². The number of hydrogen-bond acceptors (Lipinski definition) is 3. The molecule has 5 heteroatoms. The van der Waals surface area contributed by atoms with Crippen LogP contribution in [0.4, 0.5) is 0 Å². The zero-order valence-electron chi connectivity index (χ0n) is 9.83. The Balaban J connectivity index is 2.24. The highest BCUT2D eigenvalue weighted by Gasteiger charge is 2.33. The van der Waals surface area contributed by atoms with Gasteiger partial charge in [0, 0.05) is 5.57 Å². The fourth-order valence-corrected chi connectivity index (χ4v) is 2.56. The summed E-state index contributed by atoms with van der Waals surface area (Å²) < 4.78 is -0.879. The minimum Gasteiger partial charge on any atom is -0.386 e. The SMILES string of the molecule is O=C(C1=CC(Br)(Br)C(O)C=C1)C(O)c1ccccc1. The van der Waals surface area contributed by atoms with Crippen LogP contribution in [0.15, 0.2) is 54.1 Å². The first-order valence-corrected chi connectivity index (χ1v) is 7.24. The highest BCUT2D eigenvalue weighted by atomic mass is 79.9. The molecule has 0 spiro atoms. The number of ketones is 1. The number of Topliss-reactive ketones (excluding diaryl/α,β-unsaturated/α-hetero) is 1. The minimum atomic E-state index is -1.21. The van der Waals surface area contributed by atoms with E-state index in [-0.39, 0.29) is 0 Å². The second-order valence-corrected chi connectivity index (χ2v) is 7.94. The number of alkyl halides is 2. The number of carbonyl (C=O) groups is 1. The largest absolute Gasteiger partial charge is 0.386 e. The van der Waals surface area contributed by atoms with Gasteiger partial charge in [0.1, 0.15) is 15.4 Å². The third kappa shape index (κ3) is 3.23. The van der Waals surface area contributed by atoms with Crippen molar-refractivity contribution in [3.8, 4) is 0 Å². The molecule has 0 heterocycles. The topological polar surface area (TPSA) is 57.5 Å². The Labute approximate surface area is 127 Å². The second kappa shape index (κ2) is 5.71. The average molecular weight is 388 g/mol. The van der Waals surface area contributed by atoms with Crippen LogP contribution in [-0.2, 0) is 4.79 Å². The first-order chi connectivity index (χ1) is 8.92. The zero-order valence-corrected chi connectivity index (χ0v) is 13.0. The molecule has 1 aliphatic carbocycles. The van der Waals surface area contributed by atoms with Crippen LogP contribution in [0.5, 0.6) is 0 Å². The maximum absolute atomic E-state index is 12.2. The molecule has 100 valence electrons. The van der Waals surface area contributed by atoms with Crippen molar-refractivity contribution in [1.82, 2.24) is 0 Å². The number of halogens is 2. The van der Waals surface area contributed by atoms with Gasteiger partial charge in [-0.15, -0.1) is 0 Å². The quantitative estimate of drug-likeness (QED) is 0.784. The van der Waals surface area contributed by atoms with Crippen LogP contribution in [0.1, 0.15) is 11.7 Å². The molecular weight excluding hydrogens is 376 g/mol. The highest BCUT2D eigenvalue weighted by Crippen LogP contribution is 2.37. The van der Waals surface area contributed by atoms with E-state index in [4.69, 9.17) is 0 Å². The lowest BCUT2D eigenvalue weighted by molar-refractivity contribution is -0.123. The summed E-state index contributed by atoms with van der Waals surface area (Å²) in [5.74, 6) is -0.405. The predicted octanol–water partition coefficient (Wildman–Crippen LogP) is 2.63. The molecule has 2 unspecified atom stereocenters. The van der Waals surface area contributed by atoms with E-state index in [9.17, 15) is 15.0 Å². The second-order valence-electron chi connectivity index (χ2n) is 4.26. The summed E-state index contributed by atoms with van der Waals surface area (Å²) in [6, 6.07) is 8.73. The lowest BCUT2D eigenvalue weighted by Crippen LogP contribution is -2.30. The first-order valence-electron chi connectivity index (χ1n) is 5.66. The molecule has 0 fully saturated rings. The van der Waals surface area contributed by atoms with Gasteiger partial charge in [0.2, 0.25) is 0 Å². The van der Waals surface area contributed by atoms with Gasteiger partial charge in [0.25, 0.3) is 0 Å². The first kappa shape index (κ1) is 14.7. The average Bonchev–Trinajstić information content (AvgIpc) is 2.41. The Morgan fingerprint density at radius 3 is 2.47 bits per heavy atom. The molecule has 2 atom stereocenters. The molecule has 0 aromatic heterocycles. The fraction of sp³-hybridized carbons (Fsp3) is 0.214. The molecule has 3 nitrogen and oxygen atoms in total. The Kier molecular flexibility index (Phi) is 4.40. The fourth-order valence-electron chi connectivity index (χ4n) is 1.76. The number of rotatable bonds is 3. The van der Waals surface area contributed by atoms with Crippen molar-refractivity contribution >= 4 is 37.6 Å². The van der Waals surface area contributed by atoms with Crippen LogP contribution >= 0.6 is 31.9 Å². The van der Waals surface area contributed by atoms with Crippen LogP contribution in [0.25, 0.3) is 0 Å². The Hall–Kier alpha value is -0.750. The van der Waals surface area contributed by atoms with Gasteiger partial charge in [-0.25, -0.2) is 0 Å². The van der Waals surface area contributed by atoms with Crippen molar-refractivity contribution in [2.75, 3.05) is 0 Å². The van der Waals surface area contributed by atoms with Crippen molar-refractivity contribution in [2.45, 2.75) is 15.4 Å². The van der Waals surface area contributed by atoms with Gasteiger partial charge in [-0.05, 0) is 11.6 Å². The summed E-state index contributed by atoms with van der Waals surface area (Å²) in [6.45, 7) is 0. The molecule has 2 rings (SSSR count). The maximum Gasteiger partial charge on any atom is 0.195 e.